The Bertz CT molecular complexity index is 1260. The molecule has 8 heteroatoms. The minimum atomic E-state index is -0.570. The number of hydrogen-bond acceptors (Lipinski definition) is 5. The molecule has 0 saturated carbocycles. The summed E-state index contributed by atoms with van der Waals surface area (Å²) in [5.74, 6) is 5.49. The fourth-order valence-corrected chi connectivity index (χ4v) is 3.16. The predicted molar refractivity (Wildman–Crippen MR) is 118 cm³/mol. The van der Waals surface area contributed by atoms with E-state index < -0.39 is 16.7 Å². The van der Waals surface area contributed by atoms with Crippen LogP contribution in [0, 0.1) is 22.0 Å². The van der Waals surface area contributed by atoms with Crippen molar-refractivity contribution in [3.63, 3.8) is 0 Å². The Balaban J connectivity index is 1.49. The Morgan fingerprint density at radius 3 is 2.56 bits per heavy atom. The second kappa shape index (κ2) is 9.02. The van der Waals surface area contributed by atoms with E-state index in [-0.39, 0.29) is 24.5 Å². The van der Waals surface area contributed by atoms with Crippen LogP contribution in [0.5, 0.6) is 5.75 Å². The summed E-state index contributed by atoms with van der Waals surface area (Å²) in [6, 6.07) is 20.5. The number of hydrogen-bond donors (Lipinski definition) is 1. The van der Waals surface area contributed by atoms with Crippen molar-refractivity contribution in [2.24, 2.45) is 0 Å². The Hall–Kier alpha value is -4.64. The van der Waals surface area contributed by atoms with Crippen LogP contribution in [-0.4, -0.2) is 29.9 Å². The first-order valence-electron chi connectivity index (χ1n) is 9.68. The van der Waals surface area contributed by atoms with Gasteiger partial charge in [0.15, 0.2) is 6.61 Å². The fourth-order valence-electron chi connectivity index (χ4n) is 3.16. The second-order valence-electron chi connectivity index (χ2n) is 6.92. The molecule has 158 valence electrons. The molecule has 1 N–H and O–H groups in total. The van der Waals surface area contributed by atoms with Crippen molar-refractivity contribution in [1.82, 2.24) is 0 Å². The SMILES string of the molecule is O=C(CN1C(=O)COc2ccc([N+](=O)[O-])cc21)Nc1cccc(C#Cc2ccccc2)c1. The maximum atomic E-state index is 12.6. The zero-order valence-corrected chi connectivity index (χ0v) is 16.8. The molecule has 3 aromatic rings. The lowest BCUT2D eigenvalue weighted by atomic mass is 10.1. The number of carbonyl (C=O) groups is 2. The van der Waals surface area contributed by atoms with Crippen LogP contribution in [0.15, 0.2) is 72.8 Å². The van der Waals surface area contributed by atoms with Gasteiger partial charge in [-0.15, -0.1) is 0 Å². The molecule has 3 aromatic carbocycles. The number of nitrogens with one attached hydrogen (secondary N) is 1. The number of anilines is 2. The second-order valence-corrected chi connectivity index (χ2v) is 6.92. The van der Waals surface area contributed by atoms with Gasteiger partial charge in [0.25, 0.3) is 11.6 Å². The zero-order chi connectivity index (χ0) is 22.5. The minimum absolute atomic E-state index is 0.188. The zero-order valence-electron chi connectivity index (χ0n) is 16.8. The molecule has 0 aliphatic carbocycles. The smallest absolute Gasteiger partial charge is 0.271 e. The van der Waals surface area contributed by atoms with Gasteiger partial charge in [-0.1, -0.05) is 36.1 Å². The van der Waals surface area contributed by atoms with Crippen molar-refractivity contribution in [2.45, 2.75) is 0 Å². The monoisotopic (exact) mass is 427 g/mol. The van der Waals surface area contributed by atoms with Gasteiger partial charge in [-0.25, -0.2) is 0 Å². The highest BCUT2D eigenvalue weighted by Crippen LogP contribution is 2.35. The summed E-state index contributed by atoms with van der Waals surface area (Å²) in [4.78, 5) is 36.7. The minimum Gasteiger partial charge on any atom is -0.482 e. The van der Waals surface area contributed by atoms with Crippen LogP contribution < -0.4 is 15.0 Å². The third-order valence-electron chi connectivity index (χ3n) is 4.67. The number of ether oxygens (including phenoxy) is 1. The summed E-state index contributed by atoms with van der Waals surface area (Å²) < 4.78 is 5.32. The average molecular weight is 427 g/mol. The molecule has 0 bridgehead atoms. The summed E-state index contributed by atoms with van der Waals surface area (Å²) in [7, 11) is 0. The molecule has 0 fully saturated rings. The quantitative estimate of drug-likeness (QED) is 0.391. The first kappa shape index (κ1) is 20.6. The summed E-state index contributed by atoms with van der Waals surface area (Å²) in [5.41, 5.74) is 2.11. The van der Waals surface area contributed by atoms with Crippen molar-refractivity contribution < 1.29 is 19.2 Å². The summed E-state index contributed by atoms with van der Waals surface area (Å²) in [6.07, 6.45) is 0. The van der Waals surface area contributed by atoms with Crippen LogP contribution in [0.2, 0.25) is 0 Å². The van der Waals surface area contributed by atoms with Crippen molar-refractivity contribution in [1.29, 1.82) is 0 Å². The normalized spacial score (nSPS) is 12.1. The molecule has 0 aromatic heterocycles. The third-order valence-corrected chi connectivity index (χ3v) is 4.67. The largest absolute Gasteiger partial charge is 0.482 e. The number of amides is 2. The van der Waals surface area contributed by atoms with E-state index in [9.17, 15) is 19.7 Å². The van der Waals surface area contributed by atoms with E-state index in [1.807, 2.05) is 36.4 Å². The number of nitro groups is 1. The van der Waals surface area contributed by atoms with E-state index in [0.717, 1.165) is 11.1 Å². The third kappa shape index (κ3) is 4.74. The van der Waals surface area contributed by atoms with Crippen molar-refractivity contribution in [2.75, 3.05) is 23.4 Å². The van der Waals surface area contributed by atoms with Gasteiger partial charge in [-0.2, -0.15) is 0 Å². The molecule has 1 heterocycles. The van der Waals surface area contributed by atoms with E-state index >= 15 is 0 Å². The van der Waals surface area contributed by atoms with Gasteiger partial charge < -0.3 is 10.1 Å². The van der Waals surface area contributed by atoms with Crippen LogP contribution >= 0.6 is 0 Å². The number of nitro benzene ring substituents is 1. The number of carbonyl (C=O) groups excluding carboxylic acids is 2. The molecule has 4 rings (SSSR count). The van der Waals surface area contributed by atoms with Crippen LogP contribution in [0.4, 0.5) is 17.1 Å². The number of nitrogens with zero attached hydrogens (tertiary/aromatic N) is 2. The lowest BCUT2D eigenvalue weighted by molar-refractivity contribution is -0.384. The maximum Gasteiger partial charge on any atom is 0.271 e. The maximum absolute atomic E-state index is 12.6. The van der Waals surface area contributed by atoms with Gasteiger partial charge in [0.1, 0.15) is 12.3 Å². The van der Waals surface area contributed by atoms with Crippen LogP contribution in [0.1, 0.15) is 11.1 Å². The van der Waals surface area contributed by atoms with Crippen molar-refractivity contribution in [3.8, 4) is 17.6 Å². The van der Waals surface area contributed by atoms with Gasteiger partial charge in [-0.05, 0) is 36.4 Å². The summed E-state index contributed by atoms with van der Waals surface area (Å²) in [5, 5.41) is 13.8. The van der Waals surface area contributed by atoms with Crippen LogP contribution in [0.3, 0.4) is 0 Å². The Morgan fingerprint density at radius 1 is 1.03 bits per heavy atom. The lowest BCUT2D eigenvalue weighted by Crippen LogP contribution is -2.43. The Morgan fingerprint density at radius 2 is 1.78 bits per heavy atom. The van der Waals surface area contributed by atoms with Crippen molar-refractivity contribution >= 4 is 28.9 Å². The first-order chi connectivity index (χ1) is 15.5. The number of non-ortho nitro benzene ring substituents is 1. The van der Waals surface area contributed by atoms with Gasteiger partial charge in [0, 0.05) is 28.9 Å². The standard InChI is InChI=1S/C24H17N3O5/c28-23(15-26-21-14-20(27(30)31)11-12-22(21)32-16-24(26)29)25-19-8-4-7-18(13-19)10-9-17-5-2-1-3-6-17/h1-8,11-14H,15-16H2,(H,25,28). The van der Waals surface area contributed by atoms with Crippen LogP contribution in [0.25, 0.3) is 0 Å². The van der Waals surface area contributed by atoms with E-state index in [1.54, 1.807) is 18.2 Å². The number of rotatable bonds is 4. The van der Waals surface area contributed by atoms with E-state index in [1.165, 1.54) is 23.1 Å². The molecule has 0 radical (unpaired) electrons. The summed E-state index contributed by atoms with van der Waals surface area (Å²) in [6.45, 7) is -0.557. The average Bonchev–Trinajstić information content (AvgIpc) is 2.80. The van der Waals surface area contributed by atoms with Gasteiger partial charge in [0.05, 0.1) is 10.6 Å². The lowest BCUT2D eigenvalue weighted by Gasteiger charge is -2.28. The predicted octanol–water partition coefficient (Wildman–Crippen LogP) is 3.36. The molecule has 0 saturated heterocycles. The molecule has 0 spiro atoms. The number of fused-ring (bicyclic) bond motifs is 1. The van der Waals surface area contributed by atoms with E-state index in [0.29, 0.717) is 11.4 Å². The Kier molecular flexibility index (Phi) is 5.81. The molecule has 2 amide bonds. The molecule has 0 unspecified atom stereocenters. The highest BCUT2D eigenvalue weighted by molar-refractivity contribution is 6.05. The summed E-state index contributed by atoms with van der Waals surface area (Å²) >= 11 is 0. The molecule has 8 nitrogen and oxygen atoms in total. The highest BCUT2D eigenvalue weighted by atomic mass is 16.6. The first-order valence-corrected chi connectivity index (χ1v) is 9.68. The molecular weight excluding hydrogens is 410 g/mol. The molecule has 0 atom stereocenters. The van der Waals surface area contributed by atoms with Crippen LogP contribution in [-0.2, 0) is 9.59 Å². The van der Waals surface area contributed by atoms with Crippen molar-refractivity contribution in [3.05, 3.63) is 94.0 Å². The topological polar surface area (TPSA) is 102 Å². The molecular formula is C24H17N3O5. The van der Waals surface area contributed by atoms with Gasteiger partial charge in [-0.3, -0.25) is 24.6 Å². The van der Waals surface area contributed by atoms with E-state index in [4.69, 9.17) is 4.74 Å². The van der Waals surface area contributed by atoms with Gasteiger partial charge in [0.2, 0.25) is 5.91 Å². The fraction of sp³-hybridized carbons (Fsp3) is 0.0833. The molecule has 32 heavy (non-hydrogen) atoms. The number of benzene rings is 3. The molecule has 1 aliphatic rings. The van der Waals surface area contributed by atoms with E-state index in [2.05, 4.69) is 17.2 Å². The van der Waals surface area contributed by atoms with Gasteiger partial charge >= 0.3 is 0 Å². The highest BCUT2D eigenvalue weighted by Gasteiger charge is 2.29. The molecule has 1 aliphatic heterocycles. The Labute approximate surface area is 183 Å².